The first-order chi connectivity index (χ1) is 7.62. The van der Waals surface area contributed by atoms with E-state index in [9.17, 15) is 8.42 Å². The third-order valence-electron chi connectivity index (χ3n) is 3.44. The molecule has 1 N–H and O–H groups in total. The number of piperidine rings is 1. The van der Waals surface area contributed by atoms with Gasteiger partial charge in [0.1, 0.15) is 0 Å². The van der Waals surface area contributed by atoms with E-state index < -0.39 is 10.2 Å². The van der Waals surface area contributed by atoms with Crippen molar-refractivity contribution in [3.8, 4) is 0 Å². The second-order valence-corrected chi connectivity index (χ2v) is 6.49. The highest BCUT2D eigenvalue weighted by Gasteiger charge is 2.34. The summed E-state index contributed by atoms with van der Waals surface area (Å²) in [5.41, 5.74) is 0. The van der Waals surface area contributed by atoms with Crippen molar-refractivity contribution in [1.82, 2.24) is 13.9 Å². The number of nitrogens with one attached hydrogen (secondary N) is 1. The Morgan fingerprint density at radius 2 is 1.81 bits per heavy atom. The van der Waals surface area contributed by atoms with Crippen molar-refractivity contribution in [1.29, 1.82) is 0 Å². The van der Waals surface area contributed by atoms with Crippen LogP contribution in [0.2, 0.25) is 0 Å². The summed E-state index contributed by atoms with van der Waals surface area (Å²) in [4.78, 5) is 0. The van der Waals surface area contributed by atoms with Crippen molar-refractivity contribution in [3.05, 3.63) is 0 Å². The van der Waals surface area contributed by atoms with E-state index in [2.05, 4.69) is 5.32 Å². The second-order valence-electron chi connectivity index (χ2n) is 4.61. The van der Waals surface area contributed by atoms with Crippen LogP contribution in [0.4, 0.5) is 0 Å². The van der Waals surface area contributed by atoms with E-state index in [1.807, 2.05) is 6.92 Å². The van der Waals surface area contributed by atoms with Crippen LogP contribution in [0.1, 0.15) is 26.2 Å². The minimum atomic E-state index is -3.21. The summed E-state index contributed by atoms with van der Waals surface area (Å²) in [7, 11) is -3.21. The van der Waals surface area contributed by atoms with Gasteiger partial charge in [-0.25, -0.2) is 0 Å². The highest BCUT2D eigenvalue weighted by atomic mass is 32.2. The Morgan fingerprint density at radius 3 is 2.44 bits per heavy atom. The lowest BCUT2D eigenvalue weighted by molar-refractivity contribution is 0.238. The fraction of sp³-hybridized carbons (Fsp3) is 1.00. The molecular formula is C10H21N3O2S. The van der Waals surface area contributed by atoms with Gasteiger partial charge in [-0.05, 0) is 19.8 Å². The first-order valence-electron chi connectivity index (χ1n) is 6.10. The summed E-state index contributed by atoms with van der Waals surface area (Å²) >= 11 is 0. The summed E-state index contributed by atoms with van der Waals surface area (Å²) in [6.45, 7) is 5.44. The molecule has 6 heteroatoms. The van der Waals surface area contributed by atoms with Crippen LogP contribution in [0.3, 0.4) is 0 Å². The van der Waals surface area contributed by atoms with Crippen molar-refractivity contribution in [3.63, 3.8) is 0 Å². The van der Waals surface area contributed by atoms with Gasteiger partial charge in [-0.2, -0.15) is 17.0 Å². The van der Waals surface area contributed by atoms with Crippen LogP contribution in [-0.4, -0.2) is 55.8 Å². The Bertz CT molecular complexity index is 325. The van der Waals surface area contributed by atoms with Gasteiger partial charge in [0.2, 0.25) is 0 Å². The maximum atomic E-state index is 12.4. The van der Waals surface area contributed by atoms with E-state index in [0.717, 1.165) is 32.4 Å². The fourth-order valence-corrected chi connectivity index (χ4v) is 4.30. The highest BCUT2D eigenvalue weighted by molar-refractivity contribution is 7.86. The highest BCUT2D eigenvalue weighted by Crippen LogP contribution is 2.22. The molecule has 0 amide bonds. The first kappa shape index (κ1) is 12.3. The van der Waals surface area contributed by atoms with Gasteiger partial charge in [-0.1, -0.05) is 6.42 Å². The number of hydrogen-bond donors (Lipinski definition) is 1. The predicted octanol–water partition coefficient (Wildman–Crippen LogP) is 0.0108. The Labute approximate surface area is 98.0 Å². The normalized spacial score (nSPS) is 30.4. The van der Waals surface area contributed by atoms with Crippen LogP contribution >= 0.6 is 0 Å². The summed E-state index contributed by atoms with van der Waals surface area (Å²) in [5, 5.41) is 3.18. The van der Waals surface area contributed by atoms with E-state index in [1.165, 1.54) is 0 Å². The molecule has 2 heterocycles. The standard InChI is InChI=1S/C10H21N3O2S/c1-10-4-2-3-7-13(10)16(14,15)12-8-5-11-6-9-12/h10-11H,2-9H2,1H3. The van der Waals surface area contributed by atoms with Gasteiger partial charge >= 0.3 is 0 Å². The first-order valence-corrected chi connectivity index (χ1v) is 7.50. The molecule has 0 aromatic rings. The van der Waals surface area contributed by atoms with E-state index in [4.69, 9.17) is 0 Å². The van der Waals surface area contributed by atoms with E-state index in [1.54, 1.807) is 8.61 Å². The largest absolute Gasteiger partial charge is 0.314 e. The molecule has 1 unspecified atom stereocenters. The minimum absolute atomic E-state index is 0.161. The molecule has 2 aliphatic heterocycles. The monoisotopic (exact) mass is 247 g/mol. The zero-order chi connectivity index (χ0) is 11.6. The fourth-order valence-electron chi connectivity index (χ4n) is 2.44. The molecule has 2 fully saturated rings. The Hall–Kier alpha value is -0.170. The summed E-state index contributed by atoms with van der Waals surface area (Å²) in [5.74, 6) is 0. The summed E-state index contributed by atoms with van der Waals surface area (Å²) in [6, 6.07) is 0.161. The number of rotatable bonds is 2. The van der Waals surface area contributed by atoms with E-state index >= 15 is 0 Å². The van der Waals surface area contributed by atoms with E-state index in [-0.39, 0.29) is 6.04 Å². The second kappa shape index (κ2) is 5.00. The van der Waals surface area contributed by atoms with Gasteiger partial charge in [0, 0.05) is 38.8 Å². The lowest BCUT2D eigenvalue weighted by Crippen LogP contribution is -2.54. The molecule has 0 saturated carbocycles. The van der Waals surface area contributed by atoms with Crippen molar-refractivity contribution in [2.24, 2.45) is 0 Å². The SMILES string of the molecule is CC1CCCCN1S(=O)(=O)N1CCNCC1. The molecule has 0 radical (unpaired) electrons. The van der Waals surface area contributed by atoms with Gasteiger partial charge < -0.3 is 5.32 Å². The van der Waals surface area contributed by atoms with Gasteiger partial charge in [0.15, 0.2) is 0 Å². The summed E-state index contributed by atoms with van der Waals surface area (Å²) in [6.07, 6.45) is 3.13. The number of nitrogens with zero attached hydrogens (tertiary/aromatic N) is 2. The van der Waals surface area contributed by atoms with Gasteiger partial charge in [-0.15, -0.1) is 0 Å². The third-order valence-corrected chi connectivity index (χ3v) is 5.59. The van der Waals surface area contributed by atoms with Crippen molar-refractivity contribution in [2.45, 2.75) is 32.2 Å². The summed E-state index contributed by atoms with van der Waals surface area (Å²) < 4.78 is 28.0. The lowest BCUT2D eigenvalue weighted by atomic mass is 10.1. The molecule has 2 rings (SSSR count). The Kier molecular flexibility index (Phi) is 3.84. The average Bonchev–Trinajstić information content (AvgIpc) is 2.30. The molecule has 2 saturated heterocycles. The van der Waals surface area contributed by atoms with Crippen LogP contribution < -0.4 is 5.32 Å². The smallest absolute Gasteiger partial charge is 0.282 e. The minimum Gasteiger partial charge on any atom is -0.314 e. The maximum Gasteiger partial charge on any atom is 0.282 e. The number of hydrogen-bond acceptors (Lipinski definition) is 3. The molecule has 0 spiro atoms. The molecule has 0 aliphatic carbocycles. The van der Waals surface area contributed by atoms with Crippen LogP contribution in [0, 0.1) is 0 Å². The third kappa shape index (κ3) is 2.40. The molecule has 2 aliphatic rings. The maximum absolute atomic E-state index is 12.4. The van der Waals surface area contributed by atoms with Crippen LogP contribution in [0.5, 0.6) is 0 Å². The molecule has 16 heavy (non-hydrogen) atoms. The number of piperazine rings is 1. The average molecular weight is 247 g/mol. The molecule has 94 valence electrons. The van der Waals surface area contributed by atoms with Gasteiger partial charge in [0.25, 0.3) is 10.2 Å². The van der Waals surface area contributed by atoms with E-state index in [0.29, 0.717) is 19.6 Å². The molecule has 1 atom stereocenters. The van der Waals surface area contributed by atoms with Crippen LogP contribution in [-0.2, 0) is 10.2 Å². The zero-order valence-corrected chi connectivity index (χ0v) is 10.7. The molecule has 5 nitrogen and oxygen atoms in total. The molecular weight excluding hydrogens is 226 g/mol. The Morgan fingerprint density at radius 1 is 1.12 bits per heavy atom. The molecule has 0 aromatic heterocycles. The lowest BCUT2D eigenvalue weighted by Gasteiger charge is -2.37. The topological polar surface area (TPSA) is 52.7 Å². The predicted molar refractivity (Wildman–Crippen MR) is 63.4 cm³/mol. The molecule has 0 bridgehead atoms. The van der Waals surface area contributed by atoms with Crippen molar-refractivity contribution >= 4 is 10.2 Å². The van der Waals surface area contributed by atoms with Crippen LogP contribution in [0.25, 0.3) is 0 Å². The van der Waals surface area contributed by atoms with Crippen LogP contribution in [0.15, 0.2) is 0 Å². The molecule has 0 aromatic carbocycles. The Balaban J connectivity index is 2.10. The quantitative estimate of drug-likeness (QED) is 0.748. The van der Waals surface area contributed by atoms with Gasteiger partial charge in [-0.3, -0.25) is 0 Å². The zero-order valence-electron chi connectivity index (χ0n) is 9.85. The van der Waals surface area contributed by atoms with Gasteiger partial charge in [0.05, 0.1) is 0 Å². The van der Waals surface area contributed by atoms with Crippen molar-refractivity contribution in [2.75, 3.05) is 32.7 Å². The van der Waals surface area contributed by atoms with Crippen molar-refractivity contribution < 1.29 is 8.42 Å².